The number of nitrogens with one attached hydrogen (secondary N) is 2. The molecule has 35 heavy (non-hydrogen) atoms. The van der Waals surface area contributed by atoms with Gasteiger partial charge in [0.2, 0.25) is 11.7 Å². The van der Waals surface area contributed by atoms with Gasteiger partial charge >= 0.3 is 6.18 Å². The number of ether oxygens (including phenoxy) is 1. The van der Waals surface area contributed by atoms with E-state index in [0.29, 0.717) is 23.6 Å². The van der Waals surface area contributed by atoms with Crippen molar-refractivity contribution >= 4 is 5.91 Å². The second-order valence-electron chi connectivity index (χ2n) is 10.5. The largest absolute Gasteiger partial charge is 0.416 e. The minimum atomic E-state index is -4.51. The van der Waals surface area contributed by atoms with Crippen LogP contribution in [0.15, 0.2) is 12.1 Å². The topological polar surface area (TPSA) is 96.0 Å². The van der Waals surface area contributed by atoms with E-state index in [1.165, 1.54) is 6.07 Å². The maximum absolute atomic E-state index is 13.8. The Kier molecular flexibility index (Phi) is 5.41. The Labute approximate surface area is 201 Å². The number of hydrogen-bond acceptors (Lipinski definition) is 6. The van der Waals surface area contributed by atoms with E-state index in [1.807, 2.05) is 4.90 Å². The summed E-state index contributed by atoms with van der Waals surface area (Å²) in [7, 11) is 0. The number of fused-ring (bicyclic) bond motifs is 2. The number of benzene rings is 1. The molecule has 4 atom stereocenters. The molecule has 1 amide bonds. The van der Waals surface area contributed by atoms with Gasteiger partial charge in [-0.1, -0.05) is 6.92 Å². The van der Waals surface area contributed by atoms with Crippen molar-refractivity contribution in [1.29, 1.82) is 0 Å². The third-order valence-corrected chi connectivity index (χ3v) is 8.79. The Morgan fingerprint density at radius 2 is 2.00 bits per heavy atom. The van der Waals surface area contributed by atoms with Gasteiger partial charge in [0.05, 0.1) is 11.0 Å². The first kappa shape index (κ1) is 22.9. The number of carbonyl (C=O) groups is 1. The molecule has 2 aromatic rings. The number of tetrazole rings is 1. The van der Waals surface area contributed by atoms with Gasteiger partial charge in [-0.15, -0.1) is 10.2 Å². The lowest BCUT2D eigenvalue weighted by atomic mass is 9.73. The lowest BCUT2D eigenvalue weighted by Gasteiger charge is -2.34. The highest BCUT2D eigenvalue weighted by molar-refractivity contribution is 5.87. The summed E-state index contributed by atoms with van der Waals surface area (Å²) in [6.45, 7) is 3.85. The van der Waals surface area contributed by atoms with Gasteiger partial charge in [-0.25, -0.2) is 0 Å². The Bertz CT molecular complexity index is 1120. The number of rotatable bonds is 3. The first-order valence-electron chi connectivity index (χ1n) is 12.4. The van der Waals surface area contributed by atoms with Crippen LogP contribution < -0.4 is 5.32 Å². The normalized spacial score (nSPS) is 31.3. The number of nitrogens with zero attached hydrogens (tertiary/aromatic N) is 4. The molecule has 1 saturated carbocycles. The first-order valence-corrected chi connectivity index (χ1v) is 12.4. The van der Waals surface area contributed by atoms with Gasteiger partial charge in [0.15, 0.2) is 0 Å². The van der Waals surface area contributed by atoms with Crippen LogP contribution in [-0.2, 0) is 28.7 Å². The first-order chi connectivity index (χ1) is 16.8. The van der Waals surface area contributed by atoms with Crippen molar-refractivity contribution in [3.8, 4) is 11.4 Å². The molecule has 1 aromatic carbocycles. The van der Waals surface area contributed by atoms with Gasteiger partial charge in [0.1, 0.15) is 0 Å². The summed E-state index contributed by atoms with van der Waals surface area (Å²) in [6.07, 6.45) is 0.469. The van der Waals surface area contributed by atoms with Crippen LogP contribution in [0.3, 0.4) is 0 Å². The van der Waals surface area contributed by atoms with E-state index in [9.17, 15) is 18.0 Å². The van der Waals surface area contributed by atoms with E-state index < -0.39 is 17.2 Å². The number of aromatic nitrogens is 4. The third kappa shape index (κ3) is 3.74. The number of carbonyl (C=O) groups excluding carboxylic acids is 1. The minimum absolute atomic E-state index is 0.0563. The Morgan fingerprint density at radius 3 is 2.71 bits per heavy atom. The van der Waals surface area contributed by atoms with Crippen LogP contribution in [0.1, 0.15) is 55.7 Å². The quantitative estimate of drug-likeness (QED) is 0.687. The summed E-state index contributed by atoms with van der Waals surface area (Å²) < 4.78 is 46.6. The van der Waals surface area contributed by atoms with E-state index in [0.717, 1.165) is 56.9 Å². The van der Waals surface area contributed by atoms with Gasteiger partial charge in [-0.3, -0.25) is 4.79 Å². The summed E-state index contributed by atoms with van der Waals surface area (Å²) in [5.41, 5.74) is 0.421. The van der Waals surface area contributed by atoms with Crippen molar-refractivity contribution in [1.82, 2.24) is 30.8 Å². The van der Waals surface area contributed by atoms with Gasteiger partial charge in [-0.05, 0) is 72.9 Å². The van der Waals surface area contributed by atoms with Gasteiger partial charge < -0.3 is 15.0 Å². The van der Waals surface area contributed by atoms with Crippen LogP contribution in [0.25, 0.3) is 11.4 Å². The fourth-order valence-corrected chi connectivity index (χ4v) is 6.91. The molecule has 8 nitrogen and oxygen atoms in total. The van der Waals surface area contributed by atoms with Crippen LogP contribution in [-0.4, -0.2) is 62.8 Å². The van der Waals surface area contributed by atoms with Crippen LogP contribution in [0.4, 0.5) is 13.2 Å². The molecule has 2 unspecified atom stereocenters. The average molecular weight is 491 g/mol. The second-order valence-corrected chi connectivity index (χ2v) is 10.5. The number of aromatic amines is 1. The molecule has 2 saturated heterocycles. The zero-order valence-corrected chi connectivity index (χ0v) is 19.6. The molecule has 0 bridgehead atoms. The predicted octanol–water partition coefficient (Wildman–Crippen LogP) is 3.10. The number of alkyl halides is 3. The Hall–Kier alpha value is -2.53. The van der Waals surface area contributed by atoms with Gasteiger partial charge in [-0.2, -0.15) is 18.4 Å². The van der Waals surface area contributed by atoms with Crippen LogP contribution in [0, 0.1) is 11.3 Å². The van der Waals surface area contributed by atoms with Crippen LogP contribution in [0.2, 0.25) is 0 Å². The van der Waals surface area contributed by atoms with Gasteiger partial charge in [0.25, 0.3) is 0 Å². The molecule has 1 aliphatic carbocycles. The molecule has 4 aliphatic rings. The number of hydrogen-bond donors (Lipinski definition) is 2. The number of amides is 1. The van der Waals surface area contributed by atoms with Crippen LogP contribution >= 0.6 is 0 Å². The highest BCUT2D eigenvalue weighted by Gasteiger charge is 2.60. The lowest BCUT2D eigenvalue weighted by Crippen LogP contribution is -2.42. The number of halogens is 3. The molecule has 11 heteroatoms. The molecule has 3 aliphatic heterocycles. The molecular weight excluding hydrogens is 461 g/mol. The molecule has 3 fully saturated rings. The van der Waals surface area contributed by atoms with Crippen molar-refractivity contribution < 1.29 is 22.7 Å². The van der Waals surface area contributed by atoms with E-state index in [4.69, 9.17) is 4.74 Å². The molecule has 6 rings (SSSR count). The van der Waals surface area contributed by atoms with E-state index in [-0.39, 0.29) is 36.3 Å². The van der Waals surface area contributed by atoms with Crippen molar-refractivity contribution in [2.75, 3.05) is 13.2 Å². The predicted molar refractivity (Wildman–Crippen MR) is 119 cm³/mol. The molecule has 188 valence electrons. The highest BCUT2D eigenvalue weighted by Crippen LogP contribution is 2.55. The SMILES string of the molecule is CC1C2Cc3c(cc(C(F)(F)F)cc3-c3nn[nH]n3)CN2C(=O)[C@]12CC[C@@H](NC1CCOCC1)C2. The van der Waals surface area contributed by atoms with Crippen molar-refractivity contribution in [3.63, 3.8) is 0 Å². The van der Waals surface area contributed by atoms with Gasteiger partial charge in [0, 0.05) is 43.4 Å². The van der Waals surface area contributed by atoms with Crippen molar-refractivity contribution in [3.05, 3.63) is 28.8 Å². The Balaban J connectivity index is 1.30. The minimum Gasteiger partial charge on any atom is -0.381 e. The molecule has 4 heterocycles. The molecule has 2 N–H and O–H groups in total. The zero-order valence-electron chi connectivity index (χ0n) is 19.6. The lowest BCUT2D eigenvalue weighted by molar-refractivity contribution is -0.137. The summed E-state index contributed by atoms with van der Waals surface area (Å²) >= 11 is 0. The molecule has 1 spiro atoms. The maximum atomic E-state index is 13.8. The molecular formula is C24H29F3N6O2. The molecule has 1 aromatic heterocycles. The van der Waals surface area contributed by atoms with E-state index >= 15 is 0 Å². The standard InChI is InChI=1S/C24H29F3N6O2/c1-13-20-10-18-14(8-15(24(25,26)27)9-19(18)21-29-31-32-30-21)12-33(20)22(34)23(13)5-2-17(11-23)28-16-3-6-35-7-4-16/h8-9,13,16-17,20,28H,2-7,10-12H2,1H3,(H,29,30,31,32)/t13?,17-,20?,23+/m1/s1. The third-order valence-electron chi connectivity index (χ3n) is 8.79. The molecule has 0 radical (unpaired) electrons. The van der Waals surface area contributed by atoms with E-state index in [1.54, 1.807) is 0 Å². The zero-order chi connectivity index (χ0) is 24.4. The van der Waals surface area contributed by atoms with E-state index in [2.05, 4.69) is 32.9 Å². The fraction of sp³-hybridized carbons (Fsp3) is 0.667. The Morgan fingerprint density at radius 1 is 1.20 bits per heavy atom. The van der Waals surface area contributed by atoms with Crippen molar-refractivity contribution in [2.45, 2.75) is 76.3 Å². The van der Waals surface area contributed by atoms with Crippen LogP contribution in [0.5, 0.6) is 0 Å². The number of H-pyrrole nitrogens is 1. The smallest absolute Gasteiger partial charge is 0.381 e. The average Bonchev–Trinajstić information content (AvgIpc) is 3.56. The maximum Gasteiger partial charge on any atom is 0.416 e. The summed E-state index contributed by atoms with van der Waals surface area (Å²) in [5.74, 6) is 0.342. The highest BCUT2D eigenvalue weighted by atomic mass is 19.4. The fourth-order valence-electron chi connectivity index (χ4n) is 6.91. The summed E-state index contributed by atoms with van der Waals surface area (Å²) in [6, 6.07) is 2.93. The second kappa shape index (κ2) is 8.26. The monoisotopic (exact) mass is 490 g/mol. The summed E-state index contributed by atoms with van der Waals surface area (Å²) in [4.78, 5) is 15.7. The van der Waals surface area contributed by atoms with Crippen molar-refractivity contribution in [2.24, 2.45) is 11.3 Å². The summed E-state index contributed by atoms with van der Waals surface area (Å²) in [5, 5.41) is 17.6.